The van der Waals surface area contributed by atoms with Gasteiger partial charge in [0.25, 0.3) is 0 Å². The molecule has 1 N–H and O–H groups in total. The third kappa shape index (κ3) is 4.27. The number of carbonyl (C=O) groups excluding carboxylic acids is 1. The number of hydrogen-bond acceptors (Lipinski definition) is 3. The molecule has 7 heteroatoms. The van der Waals surface area contributed by atoms with Crippen LogP contribution in [0.5, 0.6) is 0 Å². The second kappa shape index (κ2) is 7.80. The zero-order chi connectivity index (χ0) is 18.7. The number of aliphatic hydroxyl groups is 1. The van der Waals surface area contributed by atoms with E-state index in [0.717, 1.165) is 10.9 Å². The third-order valence-corrected chi connectivity index (χ3v) is 5.78. The smallest absolute Gasteiger partial charge is 0.387 e. The molecule has 0 radical (unpaired) electrons. The number of nitrogens with zero attached hydrogens (tertiary/aromatic N) is 1. The molecule has 0 saturated carbocycles. The summed E-state index contributed by atoms with van der Waals surface area (Å²) in [5, 5.41) is 12.3. The van der Waals surface area contributed by atoms with Crippen molar-refractivity contribution in [3.63, 3.8) is 0 Å². The van der Waals surface area contributed by atoms with Gasteiger partial charge in [-0.05, 0) is 41.8 Å². The Hall–Kier alpha value is -1.86. The molecule has 1 aromatic heterocycles. The monoisotopic (exact) mass is 383 g/mol. The minimum absolute atomic E-state index is 0.00532. The van der Waals surface area contributed by atoms with E-state index in [0.29, 0.717) is 25.9 Å². The summed E-state index contributed by atoms with van der Waals surface area (Å²) in [6.45, 7) is 0.917. The van der Waals surface area contributed by atoms with E-state index in [9.17, 15) is 23.1 Å². The van der Waals surface area contributed by atoms with Crippen molar-refractivity contribution < 1.29 is 23.1 Å². The fourth-order valence-corrected chi connectivity index (χ4v) is 4.19. The Kier molecular flexibility index (Phi) is 5.67. The number of thiophene rings is 1. The van der Waals surface area contributed by atoms with E-state index in [1.165, 1.54) is 29.5 Å². The van der Waals surface area contributed by atoms with Gasteiger partial charge in [0.15, 0.2) is 0 Å². The minimum atomic E-state index is -4.46. The van der Waals surface area contributed by atoms with E-state index in [1.807, 2.05) is 17.5 Å². The Morgan fingerprint density at radius 1 is 1.19 bits per heavy atom. The SMILES string of the molecule is O=C(Cc1ccccc1C(F)(F)F)N1CCC(C(O)c2cccs2)CC1. The maximum Gasteiger partial charge on any atom is 0.416 e. The zero-order valence-electron chi connectivity index (χ0n) is 14.1. The third-order valence-electron chi connectivity index (χ3n) is 4.84. The van der Waals surface area contributed by atoms with Gasteiger partial charge in [-0.25, -0.2) is 0 Å². The van der Waals surface area contributed by atoms with Gasteiger partial charge in [-0.2, -0.15) is 13.2 Å². The zero-order valence-corrected chi connectivity index (χ0v) is 14.9. The summed E-state index contributed by atoms with van der Waals surface area (Å²) >= 11 is 1.50. The van der Waals surface area contributed by atoms with Crippen molar-refractivity contribution in [1.29, 1.82) is 0 Å². The van der Waals surface area contributed by atoms with Gasteiger partial charge in [-0.1, -0.05) is 24.3 Å². The number of halogens is 3. The summed E-state index contributed by atoms with van der Waals surface area (Å²) in [4.78, 5) is 15.0. The number of rotatable bonds is 4. The summed E-state index contributed by atoms with van der Waals surface area (Å²) in [6.07, 6.45) is -3.97. The predicted molar refractivity (Wildman–Crippen MR) is 93.7 cm³/mol. The quantitative estimate of drug-likeness (QED) is 0.856. The van der Waals surface area contributed by atoms with Crippen molar-refractivity contribution in [2.75, 3.05) is 13.1 Å². The maximum absolute atomic E-state index is 13.1. The number of hydrogen-bond donors (Lipinski definition) is 1. The lowest BCUT2D eigenvalue weighted by Gasteiger charge is -2.34. The van der Waals surface area contributed by atoms with Crippen molar-refractivity contribution >= 4 is 17.2 Å². The summed E-state index contributed by atoms with van der Waals surface area (Å²) in [7, 11) is 0. The molecule has 0 spiro atoms. The van der Waals surface area contributed by atoms with Gasteiger partial charge >= 0.3 is 6.18 Å². The molecular formula is C19H20F3NO2S. The highest BCUT2D eigenvalue weighted by molar-refractivity contribution is 7.10. The van der Waals surface area contributed by atoms with Crippen molar-refractivity contribution in [1.82, 2.24) is 4.90 Å². The molecule has 1 aromatic carbocycles. The topological polar surface area (TPSA) is 40.5 Å². The van der Waals surface area contributed by atoms with Crippen LogP contribution >= 0.6 is 11.3 Å². The van der Waals surface area contributed by atoms with Crippen LogP contribution < -0.4 is 0 Å². The highest BCUT2D eigenvalue weighted by Crippen LogP contribution is 2.34. The van der Waals surface area contributed by atoms with Crippen LogP contribution in [0.3, 0.4) is 0 Å². The molecule has 1 saturated heterocycles. The van der Waals surface area contributed by atoms with E-state index >= 15 is 0 Å². The molecule has 1 atom stereocenters. The molecule has 140 valence electrons. The Labute approximate surface area is 154 Å². The first-order valence-electron chi connectivity index (χ1n) is 8.50. The summed E-state index contributed by atoms with van der Waals surface area (Å²) < 4.78 is 39.2. The van der Waals surface area contributed by atoms with Gasteiger partial charge in [-0.15, -0.1) is 11.3 Å². The normalized spacial score (nSPS) is 17.3. The number of aliphatic hydroxyl groups excluding tert-OH is 1. The summed E-state index contributed by atoms with van der Waals surface area (Å²) in [6, 6.07) is 8.98. The Morgan fingerprint density at radius 2 is 1.88 bits per heavy atom. The Balaban J connectivity index is 1.60. The van der Waals surface area contributed by atoms with Crippen LogP contribution in [0, 0.1) is 5.92 Å². The standard InChI is InChI=1S/C19H20F3NO2S/c20-19(21,22)15-5-2-1-4-14(15)12-17(24)23-9-7-13(8-10-23)18(25)16-6-3-11-26-16/h1-6,11,13,18,25H,7-10,12H2. The highest BCUT2D eigenvalue weighted by Gasteiger charge is 2.34. The van der Waals surface area contributed by atoms with Gasteiger partial charge in [-0.3, -0.25) is 4.79 Å². The average Bonchev–Trinajstić information content (AvgIpc) is 3.15. The molecule has 3 nitrogen and oxygen atoms in total. The lowest BCUT2D eigenvalue weighted by atomic mass is 9.90. The van der Waals surface area contributed by atoms with Gasteiger partial charge in [0.05, 0.1) is 18.1 Å². The molecule has 0 bridgehead atoms. The van der Waals surface area contributed by atoms with Crippen LogP contribution in [0.15, 0.2) is 41.8 Å². The maximum atomic E-state index is 13.1. The predicted octanol–water partition coefficient (Wildman–Crippen LogP) is 4.28. The molecule has 1 aliphatic rings. The van der Waals surface area contributed by atoms with E-state index in [-0.39, 0.29) is 23.8 Å². The second-order valence-electron chi connectivity index (χ2n) is 6.51. The van der Waals surface area contributed by atoms with E-state index in [2.05, 4.69) is 0 Å². The van der Waals surface area contributed by atoms with Gasteiger partial charge in [0, 0.05) is 18.0 Å². The van der Waals surface area contributed by atoms with E-state index < -0.39 is 17.8 Å². The number of amides is 1. The minimum Gasteiger partial charge on any atom is -0.387 e. The molecule has 1 fully saturated rings. The Morgan fingerprint density at radius 3 is 2.50 bits per heavy atom. The average molecular weight is 383 g/mol. The first kappa shape index (κ1) is 18.9. The van der Waals surface area contributed by atoms with Crippen LogP contribution in [0.1, 0.15) is 34.9 Å². The molecule has 0 aliphatic carbocycles. The van der Waals surface area contributed by atoms with Crippen LogP contribution in [-0.4, -0.2) is 29.0 Å². The van der Waals surface area contributed by atoms with E-state index in [1.54, 1.807) is 4.90 Å². The van der Waals surface area contributed by atoms with E-state index in [4.69, 9.17) is 0 Å². The fraction of sp³-hybridized carbons (Fsp3) is 0.421. The molecule has 1 unspecified atom stereocenters. The van der Waals surface area contributed by atoms with Crippen LogP contribution in [-0.2, 0) is 17.4 Å². The summed E-state index contributed by atoms with van der Waals surface area (Å²) in [5.41, 5.74) is -0.748. The Bertz CT molecular complexity index is 737. The number of piperidine rings is 1. The number of carbonyl (C=O) groups is 1. The lowest BCUT2D eigenvalue weighted by Crippen LogP contribution is -2.40. The molecule has 26 heavy (non-hydrogen) atoms. The van der Waals surface area contributed by atoms with Crippen LogP contribution in [0.25, 0.3) is 0 Å². The highest BCUT2D eigenvalue weighted by atomic mass is 32.1. The van der Waals surface area contributed by atoms with Gasteiger partial charge < -0.3 is 10.0 Å². The fourth-order valence-electron chi connectivity index (χ4n) is 3.38. The van der Waals surface area contributed by atoms with Crippen molar-refractivity contribution in [3.8, 4) is 0 Å². The van der Waals surface area contributed by atoms with Crippen molar-refractivity contribution in [3.05, 3.63) is 57.8 Å². The molecule has 1 aliphatic heterocycles. The van der Waals surface area contributed by atoms with Crippen LogP contribution in [0.4, 0.5) is 13.2 Å². The summed E-state index contributed by atoms with van der Waals surface area (Å²) in [5.74, 6) is -0.231. The number of benzene rings is 1. The second-order valence-corrected chi connectivity index (χ2v) is 7.49. The van der Waals surface area contributed by atoms with Crippen LogP contribution in [0.2, 0.25) is 0 Å². The molecule has 2 aromatic rings. The molecule has 3 rings (SSSR count). The number of likely N-dealkylation sites (tertiary alicyclic amines) is 1. The van der Waals surface area contributed by atoms with Crippen molar-refractivity contribution in [2.45, 2.75) is 31.5 Å². The lowest BCUT2D eigenvalue weighted by molar-refractivity contribution is -0.139. The van der Waals surface area contributed by atoms with Crippen molar-refractivity contribution in [2.24, 2.45) is 5.92 Å². The molecule has 1 amide bonds. The number of alkyl halides is 3. The molecular weight excluding hydrogens is 363 g/mol. The van der Waals surface area contributed by atoms with Gasteiger partial charge in [0.2, 0.25) is 5.91 Å². The largest absolute Gasteiger partial charge is 0.416 e. The van der Waals surface area contributed by atoms with Gasteiger partial charge in [0.1, 0.15) is 0 Å². The molecule has 2 heterocycles. The first-order valence-corrected chi connectivity index (χ1v) is 9.38. The first-order chi connectivity index (χ1) is 12.4.